The van der Waals surface area contributed by atoms with Gasteiger partial charge in [-0.25, -0.2) is 0 Å². The molecular formula is C8H14O2. The van der Waals surface area contributed by atoms with E-state index in [9.17, 15) is 4.79 Å². The normalized spacial score (nSPS) is 17.3. The van der Waals surface area contributed by atoms with Gasteiger partial charge in [-0.2, -0.15) is 0 Å². The summed E-state index contributed by atoms with van der Waals surface area (Å²) in [6.07, 6.45) is 3.18. The minimum absolute atomic E-state index is 0.299. The molecule has 1 aliphatic rings. The smallest absolute Gasteiger partial charge is 0.161 e. The molecule has 58 valence electrons. The maximum atomic E-state index is 11.0. The van der Waals surface area contributed by atoms with E-state index >= 15 is 0 Å². The van der Waals surface area contributed by atoms with Crippen LogP contribution in [0.25, 0.3) is 0 Å². The quantitative estimate of drug-likeness (QED) is 0.542. The summed E-state index contributed by atoms with van der Waals surface area (Å²) < 4.78 is 5.10. The van der Waals surface area contributed by atoms with E-state index in [1.165, 1.54) is 0 Å². The SMILES string of the molecule is CCCOCC(=O)C1CC1. The summed E-state index contributed by atoms with van der Waals surface area (Å²) in [7, 11) is 0. The first-order valence-corrected chi connectivity index (χ1v) is 3.95. The lowest BCUT2D eigenvalue weighted by Crippen LogP contribution is -2.10. The summed E-state index contributed by atoms with van der Waals surface area (Å²) >= 11 is 0. The zero-order valence-corrected chi connectivity index (χ0v) is 6.43. The van der Waals surface area contributed by atoms with Gasteiger partial charge in [0, 0.05) is 12.5 Å². The molecule has 0 unspecified atom stereocenters. The van der Waals surface area contributed by atoms with Crippen molar-refractivity contribution in [2.45, 2.75) is 26.2 Å². The lowest BCUT2D eigenvalue weighted by atomic mass is 10.3. The van der Waals surface area contributed by atoms with Crippen LogP contribution in [0.15, 0.2) is 0 Å². The Balaban J connectivity index is 1.95. The van der Waals surface area contributed by atoms with Gasteiger partial charge in [0.25, 0.3) is 0 Å². The van der Waals surface area contributed by atoms with E-state index in [4.69, 9.17) is 4.74 Å². The van der Waals surface area contributed by atoms with Crippen LogP contribution in [-0.2, 0) is 9.53 Å². The van der Waals surface area contributed by atoms with Crippen molar-refractivity contribution in [2.75, 3.05) is 13.2 Å². The third-order valence-electron chi connectivity index (χ3n) is 1.63. The molecule has 0 radical (unpaired) electrons. The first-order valence-electron chi connectivity index (χ1n) is 3.95. The molecule has 0 heterocycles. The highest BCUT2D eigenvalue weighted by atomic mass is 16.5. The second-order valence-electron chi connectivity index (χ2n) is 2.79. The van der Waals surface area contributed by atoms with Crippen LogP contribution in [0.1, 0.15) is 26.2 Å². The lowest BCUT2D eigenvalue weighted by Gasteiger charge is -1.98. The molecule has 0 aromatic rings. The fraction of sp³-hybridized carbons (Fsp3) is 0.875. The number of carbonyl (C=O) groups excluding carboxylic acids is 1. The lowest BCUT2D eigenvalue weighted by molar-refractivity contribution is -0.124. The highest BCUT2D eigenvalue weighted by Gasteiger charge is 2.28. The molecule has 1 saturated carbocycles. The van der Waals surface area contributed by atoms with E-state index in [0.717, 1.165) is 25.9 Å². The zero-order valence-electron chi connectivity index (χ0n) is 6.43. The fourth-order valence-electron chi connectivity index (χ4n) is 0.840. The summed E-state index contributed by atoms with van der Waals surface area (Å²) in [4.78, 5) is 11.0. The van der Waals surface area contributed by atoms with Crippen LogP contribution in [0.3, 0.4) is 0 Å². The molecule has 2 nitrogen and oxygen atoms in total. The fourth-order valence-corrected chi connectivity index (χ4v) is 0.840. The maximum Gasteiger partial charge on any atom is 0.161 e. The van der Waals surface area contributed by atoms with Crippen LogP contribution in [0.4, 0.5) is 0 Å². The molecule has 1 aliphatic carbocycles. The molecule has 0 N–H and O–H groups in total. The third-order valence-corrected chi connectivity index (χ3v) is 1.63. The number of rotatable bonds is 5. The molecule has 1 fully saturated rings. The monoisotopic (exact) mass is 142 g/mol. The number of hydrogen-bond acceptors (Lipinski definition) is 2. The van der Waals surface area contributed by atoms with E-state index in [1.807, 2.05) is 6.92 Å². The van der Waals surface area contributed by atoms with Gasteiger partial charge in [-0.15, -0.1) is 0 Å². The van der Waals surface area contributed by atoms with Crippen LogP contribution in [0.5, 0.6) is 0 Å². The van der Waals surface area contributed by atoms with Gasteiger partial charge >= 0.3 is 0 Å². The standard InChI is InChI=1S/C8H14O2/c1-2-5-10-6-8(9)7-3-4-7/h7H,2-6H2,1H3. The van der Waals surface area contributed by atoms with Crippen LogP contribution < -0.4 is 0 Å². The van der Waals surface area contributed by atoms with Gasteiger partial charge in [-0.1, -0.05) is 6.92 Å². The second kappa shape index (κ2) is 3.71. The van der Waals surface area contributed by atoms with Gasteiger partial charge in [0.1, 0.15) is 6.61 Å². The molecule has 0 bridgehead atoms. The van der Waals surface area contributed by atoms with Gasteiger partial charge in [0.15, 0.2) is 5.78 Å². The van der Waals surface area contributed by atoms with E-state index < -0.39 is 0 Å². The topological polar surface area (TPSA) is 26.3 Å². The predicted octanol–water partition coefficient (Wildman–Crippen LogP) is 1.39. The average molecular weight is 142 g/mol. The first kappa shape index (κ1) is 7.73. The Bertz CT molecular complexity index is 116. The van der Waals surface area contributed by atoms with Crippen molar-refractivity contribution in [3.05, 3.63) is 0 Å². The summed E-state index contributed by atoms with van der Waals surface area (Å²) in [5.41, 5.74) is 0. The minimum Gasteiger partial charge on any atom is -0.374 e. The Morgan fingerprint density at radius 2 is 2.30 bits per heavy atom. The molecule has 0 aliphatic heterocycles. The first-order chi connectivity index (χ1) is 4.84. The van der Waals surface area contributed by atoms with Gasteiger partial charge in [-0.05, 0) is 19.3 Å². The number of hydrogen-bond donors (Lipinski definition) is 0. The molecule has 0 saturated heterocycles. The largest absolute Gasteiger partial charge is 0.374 e. The second-order valence-corrected chi connectivity index (χ2v) is 2.79. The van der Waals surface area contributed by atoms with Gasteiger partial charge < -0.3 is 4.74 Å². The van der Waals surface area contributed by atoms with Crippen LogP contribution in [-0.4, -0.2) is 19.0 Å². The van der Waals surface area contributed by atoms with Gasteiger partial charge in [0.2, 0.25) is 0 Å². The molecule has 0 aromatic heterocycles. The third kappa shape index (κ3) is 2.48. The molecule has 0 atom stereocenters. The number of carbonyl (C=O) groups is 1. The van der Waals surface area contributed by atoms with Crippen LogP contribution in [0.2, 0.25) is 0 Å². The Morgan fingerprint density at radius 1 is 1.60 bits per heavy atom. The highest BCUT2D eigenvalue weighted by molar-refractivity contribution is 5.84. The van der Waals surface area contributed by atoms with Gasteiger partial charge in [-0.3, -0.25) is 4.79 Å². The molecule has 10 heavy (non-hydrogen) atoms. The van der Waals surface area contributed by atoms with E-state index in [0.29, 0.717) is 18.3 Å². The number of Topliss-reactive ketones (excluding diaryl/α,β-unsaturated/α-hetero) is 1. The highest BCUT2D eigenvalue weighted by Crippen LogP contribution is 2.29. The summed E-state index contributed by atoms with van der Waals surface area (Å²) in [5, 5.41) is 0. The molecular weight excluding hydrogens is 128 g/mol. The van der Waals surface area contributed by atoms with Crippen molar-refractivity contribution in [2.24, 2.45) is 5.92 Å². The van der Waals surface area contributed by atoms with Gasteiger partial charge in [0.05, 0.1) is 0 Å². The minimum atomic E-state index is 0.299. The Kier molecular flexibility index (Phi) is 2.87. The Hall–Kier alpha value is -0.370. The Labute approximate surface area is 61.6 Å². The number of ether oxygens (including phenoxy) is 1. The summed E-state index contributed by atoms with van der Waals surface area (Å²) in [6, 6.07) is 0. The van der Waals surface area contributed by atoms with E-state index in [2.05, 4.69) is 0 Å². The van der Waals surface area contributed by atoms with E-state index in [1.54, 1.807) is 0 Å². The van der Waals surface area contributed by atoms with Crippen molar-refractivity contribution < 1.29 is 9.53 Å². The maximum absolute atomic E-state index is 11.0. The zero-order chi connectivity index (χ0) is 7.40. The Morgan fingerprint density at radius 3 is 2.80 bits per heavy atom. The van der Waals surface area contributed by atoms with Crippen molar-refractivity contribution in [1.82, 2.24) is 0 Å². The molecule has 2 heteroatoms. The van der Waals surface area contributed by atoms with Crippen molar-refractivity contribution in [3.8, 4) is 0 Å². The predicted molar refractivity (Wildman–Crippen MR) is 38.8 cm³/mol. The van der Waals surface area contributed by atoms with Crippen LogP contribution >= 0.6 is 0 Å². The molecule has 0 amide bonds. The molecule has 1 rings (SSSR count). The average Bonchev–Trinajstić information content (AvgIpc) is 2.69. The molecule has 0 spiro atoms. The van der Waals surface area contributed by atoms with Crippen LogP contribution in [0, 0.1) is 5.92 Å². The van der Waals surface area contributed by atoms with Crippen molar-refractivity contribution >= 4 is 5.78 Å². The summed E-state index contributed by atoms with van der Waals surface area (Å²) in [5.74, 6) is 0.658. The van der Waals surface area contributed by atoms with Crippen molar-refractivity contribution in [3.63, 3.8) is 0 Å². The summed E-state index contributed by atoms with van der Waals surface area (Å²) in [6.45, 7) is 3.11. The number of ketones is 1. The molecule has 0 aromatic carbocycles. The van der Waals surface area contributed by atoms with E-state index in [-0.39, 0.29) is 0 Å². The van der Waals surface area contributed by atoms with Crippen molar-refractivity contribution in [1.29, 1.82) is 0 Å².